The van der Waals surface area contributed by atoms with Crippen molar-refractivity contribution in [1.82, 2.24) is 15.3 Å². The van der Waals surface area contributed by atoms with Crippen LogP contribution < -0.4 is 10.6 Å². The predicted octanol–water partition coefficient (Wildman–Crippen LogP) is 5.31. The molecular formula is C23H28N4OS. The first kappa shape index (κ1) is 19.8. The molecule has 0 aliphatic heterocycles. The number of nitrogens with zero attached hydrogens (tertiary/aromatic N) is 2. The van der Waals surface area contributed by atoms with E-state index in [2.05, 4.69) is 51.8 Å². The van der Waals surface area contributed by atoms with E-state index in [4.69, 9.17) is 0 Å². The number of fused-ring (bicyclic) bond motifs is 1. The molecule has 2 heterocycles. The molecule has 0 radical (unpaired) electrons. The molecule has 29 heavy (non-hydrogen) atoms. The van der Waals surface area contributed by atoms with Crippen LogP contribution in [0.5, 0.6) is 0 Å². The lowest BCUT2D eigenvalue weighted by molar-refractivity contribution is -0.122. The fourth-order valence-corrected chi connectivity index (χ4v) is 5.15. The summed E-state index contributed by atoms with van der Waals surface area (Å²) in [5, 5.41) is 7.71. The van der Waals surface area contributed by atoms with Gasteiger partial charge in [-0.25, -0.2) is 9.97 Å². The lowest BCUT2D eigenvalue weighted by atomic mass is 9.95. The molecule has 0 spiro atoms. The quantitative estimate of drug-likeness (QED) is 0.520. The maximum atomic E-state index is 12.2. The van der Waals surface area contributed by atoms with Crippen LogP contribution in [0.15, 0.2) is 36.7 Å². The van der Waals surface area contributed by atoms with Crippen molar-refractivity contribution < 1.29 is 4.79 Å². The summed E-state index contributed by atoms with van der Waals surface area (Å²) in [6.07, 6.45) is 8.98. The zero-order chi connectivity index (χ0) is 20.1. The molecule has 2 N–H and O–H groups in total. The number of carbonyl (C=O) groups excluding carboxylic acids is 1. The summed E-state index contributed by atoms with van der Waals surface area (Å²) < 4.78 is 0. The highest BCUT2D eigenvalue weighted by Crippen LogP contribution is 2.40. The third kappa shape index (κ3) is 4.75. The summed E-state index contributed by atoms with van der Waals surface area (Å²) in [5.74, 6) is 1.02. The van der Waals surface area contributed by atoms with E-state index in [0.717, 1.165) is 35.3 Å². The maximum Gasteiger partial charge on any atom is 0.220 e. The number of aromatic nitrogens is 2. The van der Waals surface area contributed by atoms with Gasteiger partial charge in [0.15, 0.2) is 0 Å². The number of anilines is 1. The summed E-state index contributed by atoms with van der Waals surface area (Å²) >= 11 is 1.70. The van der Waals surface area contributed by atoms with Gasteiger partial charge in [-0.1, -0.05) is 49.6 Å². The number of hydrogen-bond donors (Lipinski definition) is 2. The Kier molecular flexibility index (Phi) is 6.39. The second kappa shape index (κ2) is 9.35. The number of thiophene rings is 1. The summed E-state index contributed by atoms with van der Waals surface area (Å²) in [6.45, 7) is 2.85. The molecule has 1 fully saturated rings. The largest absolute Gasteiger partial charge is 0.369 e. The monoisotopic (exact) mass is 408 g/mol. The van der Waals surface area contributed by atoms with Crippen LogP contribution in [0, 0.1) is 6.92 Å². The molecule has 2 aromatic heterocycles. The Balaban J connectivity index is 1.40. The average Bonchev–Trinajstić information content (AvgIpc) is 3.09. The van der Waals surface area contributed by atoms with Crippen LogP contribution in [0.4, 0.5) is 5.82 Å². The molecule has 152 valence electrons. The summed E-state index contributed by atoms with van der Waals surface area (Å²) in [4.78, 5) is 23.4. The van der Waals surface area contributed by atoms with E-state index < -0.39 is 0 Å². The molecular weight excluding hydrogens is 380 g/mol. The number of amides is 1. The van der Waals surface area contributed by atoms with E-state index in [1.807, 2.05) is 6.07 Å². The Bertz CT molecular complexity index is 964. The third-order valence-corrected chi connectivity index (χ3v) is 6.58. The number of hydrogen-bond acceptors (Lipinski definition) is 5. The first-order valence-corrected chi connectivity index (χ1v) is 11.4. The predicted molar refractivity (Wildman–Crippen MR) is 120 cm³/mol. The molecule has 0 unspecified atom stereocenters. The lowest BCUT2D eigenvalue weighted by Gasteiger charge is -2.22. The smallest absolute Gasteiger partial charge is 0.220 e. The number of aryl methyl sites for hydroxylation is 1. The zero-order valence-electron chi connectivity index (χ0n) is 16.9. The Labute approximate surface area is 176 Å². The van der Waals surface area contributed by atoms with Crippen molar-refractivity contribution in [3.05, 3.63) is 41.5 Å². The molecule has 5 nitrogen and oxygen atoms in total. The van der Waals surface area contributed by atoms with Gasteiger partial charge in [-0.15, -0.1) is 11.3 Å². The third-order valence-electron chi connectivity index (χ3n) is 5.57. The van der Waals surface area contributed by atoms with Crippen LogP contribution in [0.2, 0.25) is 0 Å². The molecule has 1 amide bonds. The van der Waals surface area contributed by atoms with E-state index in [1.54, 1.807) is 17.7 Å². The van der Waals surface area contributed by atoms with Crippen molar-refractivity contribution in [2.24, 2.45) is 0 Å². The zero-order valence-corrected chi connectivity index (χ0v) is 17.7. The molecule has 1 aromatic carbocycles. The van der Waals surface area contributed by atoms with Gasteiger partial charge in [0.1, 0.15) is 17.0 Å². The topological polar surface area (TPSA) is 66.9 Å². The minimum absolute atomic E-state index is 0.169. The normalized spacial score (nSPS) is 14.8. The van der Waals surface area contributed by atoms with Crippen molar-refractivity contribution >= 4 is 33.3 Å². The molecule has 1 saturated carbocycles. The van der Waals surface area contributed by atoms with Crippen LogP contribution in [-0.2, 0) is 4.79 Å². The van der Waals surface area contributed by atoms with Gasteiger partial charge in [0, 0.05) is 29.4 Å². The van der Waals surface area contributed by atoms with Crippen molar-refractivity contribution in [3.63, 3.8) is 0 Å². The Hall–Kier alpha value is -2.47. The molecule has 4 rings (SSSR count). The van der Waals surface area contributed by atoms with E-state index in [1.165, 1.54) is 35.3 Å². The fourth-order valence-electron chi connectivity index (χ4n) is 4.13. The van der Waals surface area contributed by atoms with Crippen LogP contribution in [0.3, 0.4) is 0 Å². The molecule has 0 atom stereocenters. The molecule has 1 aliphatic carbocycles. The second-order valence-electron chi connectivity index (χ2n) is 7.73. The van der Waals surface area contributed by atoms with Crippen molar-refractivity contribution in [2.45, 2.75) is 57.9 Å². The second-order valence-corrected chi connectivity index (χ2v) is 8.94. The van der Waals surface area contributed by atoms with Gasteiger partial charge in [0.2, 0.25) is 5.91 Å². The minimum Gasteiger partial charge on any atom is -0.369 e. The van der Waals surface area contributed by atoms with E-state index in [0.29, 0.717) is 19.0 Å². The van der Waals surface area contributed by atoms with Gasteiger partial charge in [0.05, 0.1) is 5.39 Å². The highest BCUT2D eigenvalue weighted by atomic mass is 32.1. The minimum atomic E-state index is 0.169. The summed E-state index contributed by atoms with van der Waals surface area (Å²) in [5.41, 5.74) is 2.38. The van der Waals surface area contributed by atoms with E-state index in [-0.39, 0.29) is 5.91 Å². The molecule has 6 heteroatoms. The number of carbonyl (C=O) groups is 1. The highest BCUT2D eigenvalue weighted by molar-refractivity contribution is 7.19. The molecule has 0 saturated heterocycles. The molecule has 1 aliphatic rings. The number of benzene rings is 1. The first-order valence-electron chi connectivity index (χ1n) is 10.5. The fraction of sp³-hybridized carbons (Fsp3) is 0.435. The SMILES string of the molecule is Cc1sc2ncnc(NCCCC(=O)NC3CCCCC3)c2c1-c1ccccc1. The van der Waals surface area contributed by atoms with Crippen LogP contribution in [-0.4, -0.2) is 28.5 Å². The number of rotatable bonds is 7. The Morgan fingerprint density at radius 1 is 1.14 bits per heavy atom. The Morgan fingerprint density at radius 2 is 1.93 bits per heavy atom. The van der Waals surface area contributed by atoms with Crippen LogP contribution >= 0.6 is 11.3 Å². The highest BCUT2D eigenvalue weighted by Gasteiger charge is 2.17. The first-order chi connectivity index (χ1) is 14.2. The Morgan fingerprint density at radius 3 is 2.72 bits per heavy atom. The van der Waals surface area contributed by atoms with Crippen LogP contribution in [0.1, 0.15) is 49.8 Å². The average molecular weight is 409 g/mol. The van der Waals surface area contributed by atoms with Gasteiger partial charge in [0.25, 0.3) is 0 Å². The van der Waals surface area contributed by atoms with E-state index in [9.17, 15) is 4.79 Å². The van der Waals surface area contributed by atoms with Gasteiger partial charge < -0.3 is 10.6 Å². The summed E-state index contributed by atoms with van der Waals surface area (Å²) in [6, 6.07) is 10.8. The van der Waals surface area contributed by atoms with Crippen LogP contribution in [0.25, 0.3) is 21.3 Å². The van der Waals surface area contributed by atoms with Gasteiger partial charge >= 0.3 is 0 Å². The van der Waals surface area contributed by atoms with Gasteiger partial charge in [-0.05, 0) is 31.7 Å². The van der Waals surface area contributed by atoms with Gasteiger partial charge in [-0.2, -0.15) is 0 Å². The number of nitrogens with one attached hydrogen (secondary N) is 2. The lowest BCUT2D eigenvalue weighted by Crippen LogP contribution is -2.36. The maximum absolute atomic E-state index is 12.2. The van der Waals surface area contributed by atoms with Crippen molar-refractivity contribution in [2.75, 3.05) is 11.9 Å². The molecule has 0 bridgehead atoms. The van der Waals surface area contributed by atoms with Crippen molar-refractivity contribution in [3.8, 4) is 11.1 Å². The van der Waals surface area contributed by atoms with Crippen molar-refractivity contribution in [1.29, 1.82) is 0 Å². The standard InChI is InChI=1S/C23H28N4OS/c1-16-20(17-9-4-2-5-10-17)21-22(25-15-26-23(21)29-16)24-14-8-13-19(28)27-18-11-6-3-7-12-18/h2,4-5,9-10,15,18H,3,6-8,11-14H2,1H3,(H,27,28)(H,24,25,26). The van der Waals surface area contributed by atoms with Gasteiger partial charge in [-0.3, -0.25) is 4.79 Å². The van der Waals surface area contributed by atoms with E-state index >= 15 is 0 Å². The summed E-state index contributed by atoms with van der Waals surface area (Å²) in [7, 11) is 0. The molecule has 3 aromatic rings.